The summed E-state index contributed by atoms with van der Waals surface area (Å²) in [7, 11) is 0. The summed E-state index contributed by atoms with van der Waals surface area (Å²) in [6, 6.07) is 0. The predicted octanol–water partition coefficient (Wildman–Crippen LogP) is -0.170. The van der Waals surface area contributed by atoms with Crippen LogP contribution in [-0.4, -0.2) is 43.4 Å². The zero-order valence-electron chi connectivity index (χ0n) is 8.98. The van der Waals surface area contributed by atoms with E-state index < -0.39 is 22.1 Å². The Morgan fingerprint density at radius 1 is 1.69 bits per heavy atom. The van der Waals surface area contributed by atoms with Crippen LogP contribution in [0.25, 0.3) is 0 Å². The molecule has 2 heterocycles. The first-order chi connectivity index (χ1) is 7.25. The van der Waals surface area contributed by atoms with Gasteiger partial charge in [-0.3, -0.25) is 10.2 Å². The highest BCUT2D eigenvalue weighted by molar-refractivity contribution is 8.01. The second-order valence-corrected chi connectivity index (χ2v) is 6.28. The molecule has 0 aliphatic carbocycles. The molecule has 0 aromatic rings. The minimum atomic E-state index is -1.70. The summed E-state index contributed by atoms with van der Waals surface area (Å²) in [6.07, 6.45) is 0.330. The highest BCUT2D eigenvalue weighted by Crippen LogP contribution is 2.56. The van der Waals surface area contributed by atoms with Gasteiger partial charge in [0.2, 0.25) is 11.4 Å². The maximum Gasteiger partial charge on any atom is 0.339 e. The SMILES string of the molecule is CC1(C)S[C@@H]2CC(=O)N2[C@@]1(C(=N)N)C(=O)O. The molecule has 2 rings (SSSR count). The molecule has 1 amide bonds. The number of nitrogens with one attached hydrogen (secondary N) is 1. The van der Waals surface area contributed by atoms with Gasteiger partial charge in [0, 0.05) is 0 Å². The lowest BCUT2D eigenvalue weighted by atomic mass is 9.80. The number of carboxylic acid groups (broad SMARTS) is 1. The van der Waals surface area contributed by atoms with E-state index in [1.165, 1.54) is 16.7 Å². The van der Waals surface area contributed by atoms with Crippen LogP contribution in [0.3, 0.4) is 0 Å². The summed E-state index contributed by atoms with van der Waals surface area (Å²) in [5, 5.41) is 16.8. The molecule has 0 bridgehead atoms. The third-order valence-electron chi connectivity index (χ3n) is 3.27. The van der Waals surface area contributed by atoms with Crippen molar-refractivity contribution in [2.24, 2.45) is 5.73 Å². The van der Waals surface area contributed by atoms with Gasteiger partial charge in [-0.2, -0.15) is 0 Å². The third-order valence-corrected chi connectivity index (χ3v) is 4.80. The van der Waals surface area contributed by atoms with Crippen LogP contribution in [-0.2, 0) is 9.59 Å². The molecular formula is C9H13N3O3S. The second-order valence-electron chi connectivity index (χ2n) is 4.48. The summed E-state index contributed by atoms with van der Waals surface area (Å²) in [5.41, 5.74) is 3.76. The Morgan fingerprint density at radius 2 is 2.25 bits per heavy atom. The van der Waals surface area contributed by atoms with E-state index in [0.29, 0.717) is 6.42 Å². The first-order valence-electron chi connectivity index (χ1n) is 4.83. The Kier molecular flexibility index (Phi) is 2.04. The first kappa shape index (κ1) is 11.3. The summed E-state index contributed by atoms with van der Waals surface area (Å²) >= 11 is 1.39. The number of hydrogen-bond acceptors (Lipinski definition) is 4. The number of carboxylic acids is 1. The van der Waals surface area contributed by atoms with E-state index in [9.17, 15) is 14.7 Å². The van der Waals surface area contributed by atoms with Crippen molar-refractivity contribution >= 4 is 29.5 Å². The van der Waals surface area contributed by atoms with Gasteiger partial charge in [-0.05, 0) is 13.8 Å². The second kappa shape index (κ2) is 2.91. The lowest BCUT2D eigenvalue weighted by Gasteiger charge is -2.45. The fourth-order valence-corrected chi connectivity index (χ4v) is 4.28. The standard InChI is InChI=1S/C9H13N3O3S/c1-8(2)9(6(10)11,7(14)15)12-4(13)3-5(12)16-8/h5H,3H2,1-2H3,(H3,10,11)(H,14,15)/t5-,9+/m1/s1. The van der Waals surface area contributed by atoms with Crippen molar-refractivity contribution < 1.29 is 14.7 Å². The van der Waals surface area contributed by atoms with Crippen molar-refractivity contribution in [3.05, 3.63) is 0 Å². The topological polar surface area (TPSA) is 107 Å². The largest absolute Gasteiger partial charge is 0.479 e. The highest BCUT2D eigenvalue weighted by Gasteiger charge is 2.71. The van der Waals surface area contributed by atoms with E-state index in [-0.39, 0.29) is 11.3 Å². The van der Waals surface area contributed by atoms with E-state index in [2.05, 4.69) is 0 Å². The highest BCUT2D eigenvalue weighted by atomic mass is 32.2. The van der Waals surface area contributed by atoms with E-state index in [0.717, 1.165) is 0 Å². The molecule has 0 aromatic carbocycles. The third kappa shape index (κ3) is 0.965. The summed E-state index contributed by atoms with van der Waals surface area (Å²) in [6.45, 7) is 3.41. The van der Waals surface area contributed by atoms with E-state index in [4.69, 9.17) is 11.1 Å². The normalized spacial score (nSPS) is 35.5. The van der Waals surface area contributed by atoms with E-state index in [1.54, 1.807) is 13.8 Å². The van der Waals surface area contributed by atoms with Gasteiger partial charge < -0.3 is 15.7 Å². The van der Waals surface area contributed by atoms with Crippen LogP contribution in [0.15, 0.2) is 0 Å². The fraction of sp³-hybridized carbons (Fsp3) is 0.667. The molecule has 7 heteroatoms. The zero-order valence-corrected chi connectivity index (χ0v) is 9.80. The monoisotopic (exact) mass is 243 g/mol. The minimum absolute atomic E-state index is 0.164. The number of amides is 1. The number of β-lactam (4-membered cyclic amide) rings is 1. The van der Waals surface area contributed by atoms with Crippen molar-refractivity contribution in [1.29, 1.82) is 5.41 Å². The van der Waals surface area contributed by atoms with Crippen LogP contribution >= 0.6 is 11.8 Å². The quantitative estimate of drug-likeness (QED) is 0.354. The average Bonchev–Trinajstić information content (AvgIpc) is 2.29. The molecule has 0 radical (unpaired) electrons. The molecule has 6 nitrogen and oxygen atoms in total. The van der Waals surface area contributed by atoms with E-state index in [1.807, 2.05) is 0 Å². The molecule has 2 fully saturated rings. The van der Waals surface area contributed by atoms with Crippen molar-refractivity contribution in [2.45, 2.75) is 35.9 Å². The average molecular weight is 243 g/mol. The van der Waals surface area contributed by atoms with Gasteiger partial charge in [0.1, 0.15) is 5.84 Å². The van der Waals surface area contributed by atoms with E-state index >= 15 is 0 Å². The Bertz CT molecular complexity index is 393. The van der Waals surface area contributed by atoms with Crippen molar-refractivity contribution in [3.8, 4) is 0 Å². The van der Waals surface area contributed by atoms with Crippen LogP contribution in [0.5, 0.6) is 0 Å². The smallest absolute Gasteiger partial charge is 0.339 e. The Labute approximate surface area is 96.7 Å². The van der Waals surface area contributed by atoms with Gasteiger partial charge in [-0.25, -0.2) is 4.79 Å². The predicted molar refractivity (Wildman–Crippen MR) is 59.2 cm³/mol. The van der Waals surface area contributed by atoms with Crippen LogP contribution < -0.4 is 5.73 Å². The molecule has 2 atom stereocenters. The number of rotatable bonds is 2. The fourth-order valence-electron chi connectivity index (χ4n) is 2.53. The first-order valence-corrected chi connectivity index (χ1v) is 5.71. The Balaban J connectivity index is 2.60. The summed E-state index contributed by atoms with van der Waals surface area (Å²) < 4.78 is -0.790. The van der Waals surface area contributed by atoms with Gasteiger partial charge >= 0.3 is 5.97 Å². The molecule has 0 aromatic heterocycles. The minimum Gasteiger partial charge on any atom is -0.479 e. The molecule has 88 valence electrons. The molecule has 16 heavy (non-hydrogen) atoms. The van der Waals surface area contributed by atoms with Crippen LogP contribution in [0, 0.1) is 5.41 Å². The van der Waals surface area contributed by atoms with Gasteiger partial charge in [-0.1, -0.05) is 0 Å². The molecule has 0 spiro atoms. The maximum absolute atomic E-state index is 11.5. The molecule has 0 unspecified atom stereocenters. The number of amidine groups is 1. The van der Waals surface area contributed by atoms with Gasteiger partial charge in [0.25, 0.3) is 0 Å². The van der Waals surface area contributed by atoms with Crippen LogP contribution in [0.2, 0.25) is 0 Å². The molecule has 2 saturated heterocycles. The number of carbonyl (C=O) groups excluding carboxylic acids is 1. The van der Waals surface area contributed by atoms with Crippen LogP contribution in [0.1, 0.15) is 20.3 Å². The Morgan fingerprint density at radius 3 is 2.56 bits per heavy atom. The van der Waals surface area contributed by atoms with Gasteiger partial charge in [0.15, 0.2) is 0 Å². The number of hydrogen-bond donors (Lipinski definition) is 3. The number of thioether (sulfide) groups is 1. The lowest BCUT2D eigenvalue weighted by Crippen LogP contribution is -2.72. The maximum atomic E-state index is 11.5. The summed E-state index contributed by atoms with van der Waals surface area (Å²) in [4.78, 5) is 24.2. The molecule has 2 aliphatic rings. The molecular weight excluding hydrogens is 230 g/mol. The molecule has 2 aliphatic heterocycles. The molecule has 4 N–H and O–H groups in total. The number of fused-ring (bicyclic) bond motifs is 1. The van der Waals surface area contributed by atoms with Crippen LogP contribution in [0.4, 0.5) is 0 Å². The van der Waals surface area contributed by atoms with Crippen molar-refractivity contribution in [1.82, 2.24) is 4.90 Å². The van der Waals surface area contributed by atoms with Crippen molar-refractivity contribution in [3.63, 3.8) is 0 Å². The number of aliphatic carboxylic acids is 1. The van der Waals surface area contributed by atoms with Gasteiger partial charge in [-0.15, -0.1) is 11.8 Å². The molecule has 0 saturated carbocycles. The lowest BCUT2D eigenvalue weighted by molar-refractivity contribution is -0.162. The number of nitrogens with two attached hydrogens (primary N) is 1. The summed E-state index contributed by atoms with van der Waals surface area (Å²) in [5.74, 6) is -1.96. The number of nitrogens with zero attached hydrogens (tertiary/aromatic N) is 1. The van der Waals surface area contributed by atoms with Gasteiger partial charge in [0.05, 0.1) is 16.5 Å². The Hall–Kier alpha value is -1.24. The zero-order chi connectivity index (χ0) is 12.3. The van der Waals surface area contributed by atoms with Crippen molar-refractivity contribution in [2.75, 3.05) is 0 Å². The number of carbonyl (C=O) groups is 2.